The maximum absolute atomic E-state index is 11.9. The first-order valence-corrected chi connectivity index (χ1v) is 5.28. The normalized spacial score (nSPS) is 9.71. The van der Waals surface area contributed by atoms with Crippen molar-refractivity contribution in [3.63, 3.8) is 0 Å². The van der Waals surface area contributed by atoms with Crippen LogP contribution in [0.4, 0.5) is 5.69 Å². The minimum atomic E-state index is -0.172. The molecule has 1 amide bonds. The monoisotopic (exact) mass is 227 g/mol. The molecule has 4 heteroatoms. The van der Waals surface area contributed by atoms with E-state index in [-0.39, 0.29) is 5.91 Å². The zero-order chi connectivity index (χ0) is 12.1. The van der Waals surface area contributed by atoms with Crippen LogP contribution in [0.2, 0.25) is 0 Å². The van der Waals surface area contributed by atoms with Crippen molar-refractivity contribution in [1.82, 2.24) is 9.99 Å². The van der Waals surface area contributed by atoms with Gasteiger partial charge in [-0.05, 0) is 24.3 Å². The van der Waals surface area contributed by atoms with Gasteiger partial charge < -0.3 is 0 Å². The van der Waals surface area contributed by atoms with E-state index in [9.17, 15) is 4.79 Å². The Kier molecular flexibility index (Phi) is 3.35. The van der Waals surface area contributed by atoms with Crippen molar-refractivity contribution in [3.8, 4) is 0 Å². The summed E-state index contributed by atoms with van der Waals surface area (Å²) in [4.78, 5) is 16.0. The molecular weight excluding hydrogens is 214 g/mol. The predicted molar refractivity (Wildman–Crippen MR) is 66.4 cm³/mol. The smallest absolute Gasteiger partial charge is 0.290 e. The lowest BCUT2D eigenvalue weighted by atomic mass is 10.3. The summed E-state index contributed by atoms with van der Waals surface area (Å²) in [6, 6.07) is 14.8. The Hall–Kier alpha value is -2.36. The Morgan fingerprint density at radius 2 is 1.82 bits per heavy atom. The first-order valence-electron chi connectivity index (χ1n) is 5.28. The number of aromatic nitrogens is 1. The van der Waals surface area contributed by atoms with Gasteiger partial charge in [-0.25, -0.2) is 0 Å². The third kappa shape index (κ3) is 2.81. The van der Waals surface area contributed by atoms with Crippen LogP contribution in [-0.2, 0) is 0 Å². The van der Waals surface area contributed by atoms with Gasteiger partial charge in [0.05, 0.1) is 5.69 Å². The summed E-state index contributed by atoms with van der Waals surface area (Å²) in [6.07, 6.45) is 1.60. The number of hydrazine groups is 1. The van der Waals surface area contributed by atoms with Crippen LogP contribution in [0.1, 0.15) is 10.5 Å². The van der Waals surface area contributed by atoms with Crippen molar-refractivity contribution in [2.45, 2.75) is 0 Å². The molecule has 1 N–H and O–H groups in total. The maximum atomic E-state index is 11.9. The number of hydrogen-bond acceptors (Lipinski definition) is 3. The predicted octanol–water partition coefficient (Wildman–Crippen LogP) is 2.18. The Balaban J connectivity index is 2.06. The van der Waals surface area contributed by atoms with E-state index in [4.69, 9.17) is 0 Å². The molecule has 0 spiro atoms. The van der Waals surface area contributed by atoms with Crippen molar-refractivity contribution >= 4 is 11.6 Å². The van der Waals surface area contributed by atoms with Crippen molar-refractivity contribution in [3.05, 3.63) is 60.4 Å². The number of para-hydroxylation sites is 1. The Morgan fingerprint density at radius 3 is 2.47 bits per heavy atom. The molecule has 86 valence electrons. The van der Waals surface area contributed by atoms with Crippen LogP contribution < -0.4 is 5.43 Å². The number of nitrogens with one attached hydrogen (secondary N) is 1. The fourth-order valence-corrected chi connectivity index (χ4v) is 1.42. The number of amides is 1. The van der Waals surface area contributed by atoms with Gasteiger partial charge in [0, 0.05) is 13.2 Å². The highest BCUT2D eigenvalue weighted by molar-refractivity contribution is 5.92. The third-order valence-electron chi connectivity index (χ3n) is 2.26. The molecule has 2 aromatic rings. The largest absolute Gasteiger partial charge is 0.296 e. The molecule has 1 aromatic heterocycles. The van der Waals surface area contributed by atoms with Gasteiger partial charge in [-0.15, -0.1) is 0 Å². The van der Waals surface area contributed by atoms with Gasteiger partial charge in [-0.2, -0.15) is 0 Å². The number of nitrogens with zero attached hydrogens (tertiary/aromatic N) is 2. The molecular formula is C13H13N3O. The SMILES string of the molecule is CN(Nc1ccccc1)C(=O)c1ccccn1. The van der Waals surface area contributed by atoms with E-state index in [0.29, 0.717) is 5.69 Å². The highest BCUT2D eigenvalue weighted by atomic mass is 16.2. The number of pyridine rings is 1. The fraction of sp³-hybridized carbons (Fsp3) is 0.0769. The summed E-state index contributed by atoms with van der Waals surface area (Å²) in [5.41, 5.74) is 4.26. The Bertz CT molecular complexity index is 485. The molecule has 0 saturated carbocycles. The topological polar surface area (TPSA) is 45.2 Å². The van der Waals surface area contributed by atoms with E-state index in [1.165, 1.54) is 5.01 Å². The molecule has 1 heterocycles. The van der Waals surface area contributed by atoms with Crippen LogP contribution in [0.25, 0.3) is 0 Å². The van der Waals surface area contributed by atoms with Crippen LogP contribution in [0, 0.1) is 0 Å². The van der Waals surface area contributed by atoms with Crippen LogP contribution in [0.15, 0.2) is 54.7 Å². The molecule has 1 aromatic carbocycles. The number of benzene rings is 1. The van der Waals surface area contributed by atoms with Gasteiger partial charge in [0.25, 0.3) is 5.91 Å². The minimum Gasteiger partial charge on any atom is -0.296 e. The standard InChI is InChI=1S/C13H13N3O/c1-16(15-11-7-3-2-4-8-11)13(17)12-9-5-6-10-14-12/h2-10,15H,1H3. The van der Waals surface area contributed by atoms with Gasteiger partial charge in [-0.3, -0.25) is 20.2 Å². The zero-order valence-corrected chi connectivity index (χ0v) is 9.50. The number of rotatable bonds is 3. The van der Waals surface area contributed by atoms with E-state index in [1.54, 1.807) is 31.4 Å². The molecule has 0 radical (unpaired) electrons. The summed E-state index contributed by atoms with van der Waals surface area (Å²) in [5, 5.41) is 1.41. The first-order chi connectivity index (χ1) is 8.27. The third-order valence-corrected chi connectivity index (χ3v) is 2.26. The van der Waals surface area contributed by atoms with Crippen LogP contribution in [0.3, 0.4) is 0 Å². The van der Waals surface area contributed by atoms with Crippen LogP contribution in [0.5, 0.6) is 0 Å². The van der Waals surface area contributed by atoms with Gasteiger partial charge >= 0.3 is 0 Å². The molecule has 0 aliphatic rings. The minimum absolute atomic E-state index is 0.172. The van der Waals surface area contributed by atoms with Gasteiger partial charge in [0.2, 0.25) is 0 Å². The molecule has 0 unspecified atom stereocenters. The summed E-state index contributed by atoms with van der Waals surface area (Å²) >= 11 is 0. The molecule has 0 bridgehead atoms. The molecule has 0 aliphatic carbocycles. The van der Waals surface area contributed by atoms with Gasteiger partial charge in [0.1, 0.15) is 5.69 Å². The summed E-state index contributed by atoms with van der Waals surface area (Å²) < 4.78 is 0. The van der Waals surface area contributed by atoms with Gasteiger partial charge in [0.15, 0.2) is 0 Å². The Labute approximate surface area is 99.9 Å². The Morgan fingerprint density at radius 1 is 1.12 bits per heavy atom. The molecule has 0 atom stereocenters. The molecule has 0 fully saturated rings. The number of anilines is 1. The fourth-order valence-electron chi connectivity index (χ4n) is 1.42. The van der Waals surface area contributed by atoms with Crippen LogP contribution >= 0.6 is 0 Å². The lowest BCUT2D eigenvalue weighted by Crippen LogP contribution is -2.32. The second-order valence-electron chi connectivity index (χ2n) is 3.56. The summed E-state index contributed by atoms with van der Waals surface area (Å²) in [6.45, 7) is 0. The molecule has 0 saturated heterocycles. The average molecular weight is 227 g/mol. The number of carbonyl (C=O) groups is 1. The number of hydrogen-bond donors (Lipinski definition) is 1. The summed E-state index contributed by atoms with van der Waals surface area (Å²) in [7, 11) is 1.67. The lowest BCUT2D eigenvalue weighted by Gasteiger charge is -2.18. The van der Waals surface area contributed by atoms with E-state index < -0.39 is 0 Å². The highest BCUT2D eigenvalue weighted by Gasteiger charge is 2.11. The summed E-state index contributed by atoms with van der Waals surface area (Å²) in [5.74, 6) is -0.172. The maximum Gasteiger partial charge on any atom is 0.290 e. The quantitative estimate of drug-likeness (QED) is 0.817. The molecule has 4 nitrogen and oxygen atoms in total. The molecule has 2 rings (SSSR count). The van der Waals surface area contributed by atoms with E-state index in [0.717, 1.165) is 5.69 Å². The van der Waals surface area contributed by atoms with Crippen molar-refractivity contribution < 1.29 is 4.79 Å². The van der Waals surface area contributed by atoms with E-state index in [1.807, 2.05) is 30.3 Å². The van der Waals surface area contributed by atoms with Crippen molar-refractivity contribution in [1.29, 1.82) is 0 Å². The average Bonchev–Trinajstić information content (AvgIpc) is 2.40. The second kappa shape index (κ2) is 5.12. The lowest BCUT2D eigenvalue weighted by molar-refractivity contribution is 0.0820. The zero-order valence-electron chi connectivity index (χ0n) is 9.50. The second-order valence-corrected chi connectivity index (χ2v) is 3.56. The molecule has 0 aliphatic heterocycles. The molecule has 17 heavy (non-hydrogen) atoms. The first kappa shape index (κ1) is 11.1. The van der Waals surface area contributed by atoms with Crippen molar-refractivity contribution in [2.75, 3.05) is 12.5 Å². The highest BCUT2D eigenvalue weighted by Crippen LogP contribution is 2.07. The van der Waals surface area contributed by atoms with Crippen LogP contribution in [-0.4, -0.2) is 22.9 Å². The van der Waals surface area contributed by atoms with E-state index >= 15 is 0 Å². The van der Waals surface area contributed by atoms with E-state index in [2.05, 4.69) is 10.4 Å². The number of carbonyl (C=O) groups excluding carboxylic acids is 1. The van der Waals surface area contributed by atoms with Gasteiger partial charge in [-0.1, -0.05) is 24.3 Å². The van der Waals surface area contributed by atoms with Crippen molar-refractivity contribution in [2.24, 2.45) is 0 Å².